The topological polar surface area (TPSA) is 85.5 Å². The van der Waals surface area contributed by atoms with Crippen molar-refractivity contribution in [3.8, 4) is 11.5 Å². The van der Waals surface area contributed by atoms with E-state index in [0.29, 0.717) is 41.1 Å². The quantitative estimate of drug-likeness (QED) is 0.633. The number of anilines is 5. The predicted molar refractivity (Wildman–Crippen MR) is 113 cm³/mol. The molecule has 0 bridgehead atoms. The summed E-state index contributed by atoms with van der Waals surface area (Å²) in [5.41, 5.74) is 9.80. The Morgan fingerprint density at radius 2 is 1.89 bits per heavy atom. The van der Waals surface area contributed by atoms with Gasteiger partial charge in [0.2, 0.25) is 0 Å². The van der Waals surface area contributed by atoms with Crippen LogP contribution in [0.4, 0.5) is 28.7 Å². The van der Waals surface area contributed by atoms with Gasteiger partial charge in [0.15, 0.2) is 11.6 Å². The molecule has 7 nitrogen and oxygen atoms in total. The molecule has 0 unspecified atom stereocenters. The van der Waals surface area contributed by atoms with Crippen LogP contribution < -0.4 is 25.4 Å². The first-order valence-electron chi connectivity index (χ1n) is 9.01. The van der Waals surface area contributed by atoms with Gasteiger partial charge in [-0.15, -0.1) is 0 Å². The van der Waals surface area contributed by atoms with E-state index in [2.05, 4.69) is 46.2 Å². The van der Waals surface area contributed by atoms with E-state index in [9.17, 15) is 0 Å². The molecule has 3 rings (SSSR count). The van der Waals surface area contributed by atoms with Crippen molar-refractivity contribution in [2.45, 2.75) is 13.8 Å². The number of aryl methyl sites for hydroxylation is 1. The molecule has 0 aliphatic rings. The predicted octanol–water partition coefficient (Wildman–Crippen LogP) is 4.29. The van der Waals surface area contributed by atoms with Gasteiger partial charge >= 0.3 is 0 Å². The smallest absolute Gasteiger partial charge is 0.161 e. The highest BCUT2D eigenvalue weighted by atomic mass is 16.5. The second kappa shape index (κ2) is 8.47. The van der Waals surface area contributed by atoms with Crippen molar-refractivity contribution < 1.29 is 9.47 Å². The molecular weight excluding hydrogens is 354 g/mol. The molecule has 0 aliphatic carbocycles. The van der Waals surface area contributed by atoms with Crippen LogP contribution in [0.3, 0.4) is 0 Å². The number of hydrogen-bond acceptors (Lipinski definition) is 7. The first-order chi connectivity index (χ1) is 13.6. The molecule has 0 spiro atoms. The van der Waals surface area contributed by atoms with Crippen molar-refractivity contribution in [1.82, 2.24) is 9.97 Å². The Bertz CT molecular complexity index is 961. The number of hydrogen-bond donors (Lipinski definition) is 2. The molecule has 2 aromatic carbocycles. The zero-order valence-electron chi connectivity index (χ0n) is 16.6. The third kappa shape index (κ3) is 3.93. The van der Waals surface area contributed by atoms with Crippen molar-refractivity contribution in [3.63, 3.8) is 0 Å². The fourth-order valence-corrected chi connectivity index (χ4v) is 2.99. The molecule has 0 aliphatic heterocycles. The van der Waals surface area contributed by atoms with E-state index < -0.39 is 0 Å². The molecule has 28 heavy (non-hydrogen) atoms. The highest BCUT2D eigenvalue weighted by Gasteiger charge is 2.17. The average molecular weight is 379 g/mol. The van der Waals surface area contributed by atoms with Crippen LogP contribution in [0.2, 0.25) is 0 Å². The first-order valence-corrected chi connectivity index (χ1v) is 9.01. The first kappa shape index (κ1) is 19.3. The maximum Gasteiger partial charge on any atom is 0.161 e. The molecule has 146 valence electrons. The van der Waals surface area contributed by atoms with Gasteiger partial charge in [-0.1, -0.05) is 12.1 Å². The van der Waals surface area contributed by atoms with E-state index in [-0.39, 0.29) is 0 Å². The largest absolute Gasteiger partial charge is 0.497 e. The van der Waals surface area contributed by atoms with Crippen LogP contribution in [0.1, 0.15) is 12.5 Å². The SMILES string of the molecule is CCN(c1cccc(C)c1)c1ncnc(Nc2cc(OC)ccc2OC)c1N. The highest BCUT2D eigenvalue weighted by Crippen LogP contribution is 2.36. The summed E-state index contributed by atoms with van der Waals surface area (Å²) in [5.74, 6) is 2.51. The molecule has 0 saturated carbocycles. The number of methoxy groups -OCH3 is 2. The minimum Gasteiger partial charge on any atom is -0.497 e. The van der Waals surface area contributed by atoms with Gasteiger partial charge in [0.25, 0.3) is 0 Å². The second-order valence-corrected chi connectivity index (χ2v) is 6.23. The van der Waals surface area contributed by atoms with E-state index in [0.717, 1.165) is 5.69 Å². The van der Waals surface area contributed by atoms with Gasteiger partial charge in [-0.25, -0.2) is 9.97 Å². The van der Waals surface area contributed by atoms with Crippen LogP contribution >= 0.6 is 0 Å². The Balaban J connectivity index is 1.99. The van der Waals surface area contributed by atoms with Crippen LogP contribution in [0, 0.1) is 6.92 Å². The lowest BCUT2D eigenvalue weighted by atomic mass is 10.2. The Labute approximate surface area is 165 Å². The molecular formula is C21H25N5O2. The standard InChI is InChI=1S/C21H25N5O2/c1-5-26(15-8-6-7-14(2)11-15)21-19(22)20(23-13-24-21)25-17-12-16(27-3)9-10-18(17)28-4/h6-13H,5,22H2,1-4H3,(H,23,24,25). The number of nitrogens with one attached hydrogen (secondary N) is 1. The van der Waals surface area contributed by atoms with E-state index in [1.807, 2.05) is 30.3 Å². The van der Waals surface area contributed by atoms with Crippen molar-refractivity contribution in [1.29, 1.82) is 0 Å². The third-order valence-corrected chi connectivity index (χ3v) is 4.41. The van der Waals surface area contributed by atoms with Crippen LogP contribution in [0.5, 0.6) is 11.5 Å². The number of aromatic nitrogens is 2. The molecule has 3 aromatic rings. The Kier molecular flexibility index (Phi) is 5.84. The normalized spacial score (nSPS) is 10.4. The zero-order chi connectivity index (χ0) is 20.1. The fraction of sp³-hybridized carbons (Fsp3) is 0.238. The Morgan fingerprint density at radius 3 is 2.57 bits per heavy atom. The van der Waals surface area contributed by atoms with Gasteiger partial charge in [-0.05, 0) is 43.7 Å². The monoisotopic (exact) mass is 379 g/mol. The van der Waals surface area contributed by atoms with Crippen LogP contribution in [-0.4, -0.2) is 30.7 Å². The number of rotatable bonds is 7. The lowest BCUT2D eigenvalue weighted by Gasteiger charge is -2.24. The molecule has 1 aromatic heterocycles. The molecule has 0 atom stereocenters. The summed E-state index contributed by atoms with van der Waals surface area (Å²) in [7, 11) is 3.22. The molecule has 0 fully saturated rings. The minimum atomic E-state index is 0.454. The van der Waals surface area contributed by atoms with Gasteiger partial charge in [0.05, 0.1) is 19.9 Å². The summed E-state index contributed by atoms with van der Waals surface area (Å²) in [6, 6.07) is 13.7. The molecule has 0 amide bonds. The van der Waals surface area contributed by atoms with Crippen LogP contribution in [0.15, 0.2) is 48.8 Å². The summed E-state index contributed by atoms with van der Waals surface area (Å²) in [5, 5.41) is 3.24. The van der Waals surface area contributed by atoms with E-state index in [1.54, 1.807) is 14.2 Å². The van der Waals surface area contributed by atoms with Crippen LogP contribution in [0.25, 0.3) is 0 Å². The number of benzene rings is 2. The maximum atomic E-state index is 6.44. The number of nitrogens with zero attached hydrogens (tertiary/aromatic N) is 3. The lowest BCUT2D eigenvalue weighted by Crippen LogP contribution is -2.20. The highest BCUT2D eigenvalue weighted by molar-refractivity contribution is 5.82. The summed E-state index contributed by atoms with van der Waals surface area (Å²) in [6.07, 6.45) is 1.50. The van der Waals surface area contributed by atoms with Gasteiger partial charge in [0, 0.05) is 18.3 Å². The summed E-state index contributed by atoms with van der Waals surface area (Å²) in [4.78, 5) is 10.8. The Morgan fingerprint density at radius 1 is 1.07 bits per heavy atom. The van der Waals surface area contributed by atoms with Crippen molar-refractivity contribution in [3.05, 3.63) is 54.4 Å². The van der Waals surface area contributed by atoms with E-state index >= 15 is 0 Å². The molecule has 7 heteroatoms. The maximum absolute atomic E-state index is 6.44. The summed E-state index contributed by atoms with van der Waals surface area (Å²) in [6.45, 7) is 4.83. The minimum absolute atomic E-state index is 0.454. The molecule has 3 N–H and O–H groups in total. The molecule has 1 heterocycles. The van der Waals surface area contributed by atoms with E-state index in [1.165, 1.54) is 11.9 Å². The number of nitrogen functional groups attached to an aromatic ring is 1. The fourth-order valence-electron chi connectivity index (χ4n) is 2.99. The van der Waals surface area contributed by atoms with Crippen molar-refractivity contribution in [2.24, 2.45) is 0 Å². The van der Waals surface area contributed by atoms with Gasteiger partial charge in [0.1, 0.15) is 23.5 Å². The zero-order valence-corrected chi connectivity index (χ0v) is 16.6. The summed E-state index contributed by atoms with van der Waals surface area (Å²) >= 11 is 0. The van der Waals surface area contributed by atoms with E-state index in [4.69, 9.17) is 15.2 Å². The number of ether oxygens (including phenoxy) is 2. The average Bonchev–Trinajstić information content (AvgIpc) is 2.71. The Hall–Kier alpha value is -3.48. The van der Waals surface area contributed by atoms with Crippen molar-refractivity contribution in [2.75, 3.05) is 36.7 Å². The van der Waals surface area contributed by atoms with Crippen LogP contribution in [-0.2, 0) is 0 Å². The van der Waals surface area contributed by atoms with Crippen molar-refractivity contribution >= 4 is 28.7 Å². The number of nitrogens with two attached hydrogens (primary N) is 1. The van der Waals surface area contributed by atoms with Gasteiger partial charge < -0.3 is 25.4 Å². The second-order valence-electron chi connectivity index (χ2n) is 6.23. The molecule has 0 radical (unpaired) electrons. The summed E-state index contributed by atoms with van der Waals surface area (Å²) < 4.78 is 10.7. The van der Waals surface area contributed by atoms with Gasteiger partial charge in [-0.3, -0.25) is 0 Å². The third-order valence-electron chi connectivity index (χ3n) is 4.41. The molecule has 0 saturated heterocycles. The lowest BCUT2D eigenvalue weighted by molar-refractivity contribution is 0.405. The van der Waals surface area contributed by atoms with Gasteiger partial charge in [-0.2, -0.15) is 0 Å².